The smallest absolute Gasteiger partial charge is 0.261 e. The zero-order chi connectivity index (χ0) is 12.7. The van der Waals surface area contributed by atoms with Crippen molar-refractivity contribution in [3.8, 4) is 0 Å². The fourth-order valence-electron chi connectivity index (χ4n) is 2.32. The second-order valence-corrected chi connectivity index (χ2v) is 4.61. The fourth-order valence-corrected chi connectivity index (χ4v) is 2.32. The first-order valence-corrected chi connectivity index (χ1v) is 5.93. The van der Waals surface area contributed by atoms with E-state index >= 15 is 0 Å². The molecule has 0 saturated heterocycles. The molecule has 3 rings (SSSR count). The van der Waals surface area contributed by atoms with E-state index in [-0.39, 0.29) is 5.91 Å². The molecule has 3 nitrogen and oxygen atoms in total. The third-order valence-corrected chi connectivity index (χ3v) is 3.32. The number of rotatable bonds is 1. The number of nitrogens with zero attached hydrogens (tertiary/aromatic N) is 1. The standard InChI is InChI=1S/C15H14N2O/c1-10-5-7-12(8-6-10)17-9-11-3-2-4-13(16)14(11)15(17)18/h2-8H,9,16H2,1H3. The van der Waals surface area contributed by atoms with E-state index in [1.807, 2.05) is 43.3 Å². The summed E-state index contributed by atoms with van der Waals surface area (Å²) in [5.74, 6) is -0.00745. The van der Waals surface area contributed by atoms with E-state index in [1.165, 1.54) is 5.56 Å². The van der Waals surface area contributed by atoms with Gasteiger partial charge in [0.2, 0.25) is 0 Å². The summed E-state index contributed by atoms with van der Waals surface area (Å²) in [6, 6.07) is 13.6. The van der Waals surface area contributed by atoms with Crippen LogP contribution in [0.3, 0.4) is 0 Å². The van der Waals surface area contributed by atoms with Crippen LogP contribution in [0.25, 0.3) is 0 Å². The summed E-state index contributed by atoms with van der Waals surface area (Å²) in [4.78, 5) is 14.1. The molecule has 0 bridgehead atoms. The number of nitrogens with two attached hydrogens (primary N) is 1. The molecule has 0 spiro atoms. The van der Waals surface area contributed by atoms with Gasteiger partial charge in [-0.15, -0.1) is 0 Å². The van der Waals surface area contributed by atoms with E-state index < -0.39 is 0 Å². The number of hydrogen-bond acceptors (Lipinski definition) is 2. The zero-order valence-corrected chi connectivity index (χ0v) is 10.2. The van der Waals surface area contributed by atoms with Crippen LogP contribution in [-0.2, 0) is 6.54 Å². The predicted octanol–water partition coefficient (Wildman–Crippen LogP) is 2.74. The van der Waals surface area contributed by atoms with Crippen LogP contribution in [0, 0.1) is 6.92 Å². The molecule has 0 aliphatic carbocycles. The molecular weight excluding hydrogens is 224 g/mol. The summed E-state index contributed by atoms with van der Waals surface area (Å²) in [5, 5.41) is 0. The van der Waals surface area contributed by atoms with Gasteiger partial charge in [-0.05, 0) is 30.7 Å². The lowest BCUT2D eigenvalue weighted by Gasteiger charge is -2.15. The molecule has 0 atom stereocenters. The quantitative estimate of drug-likeness (QED) is 0.776. The number of aryl methyl sites for hydroxylation is 1. The van der Waals surface area contributed by atoms with Crippen LogP contribution in [0.15, 0.2) is 42.5 Å². The van der Waals surface area contributed by atoms with Crippen LogP contribution >= 0.6 is 0 Å². The Morgan fingerprint density at radius 3 is 2.50 bits per heavy atom. The molecule has 3 heteroatoms. The summed E-state index contributed by atoms with van der Waals surface area (Å²) in [5.41, 5.74) is 10.2. The van der Waals surface area contributed by atoms with Crippen molar-refractivity contribution in [3.05, 3.63) is 59.2 Å². The van der Waals surface area contributed by atoms with Gasteiger partial charge in [0.25, 0.3) is 5.91 Å². The van der Waals surface area contributed by atoms with Crippen molar-refractivity contribution in [1.82, 2.24) is 0 Å². The molecule has 18 heavy (non-hydrogen) atoms. The lowest BCUT2D eigenvalue weighted by atomic mass is 10.1. The zero-order valence-electron chi connectivity index (χ0n) is 10.2. The molecular formula is C15H14N2O. The van der Waals surface area contributed by atoms with Crippen molar-refractivity contribution in [2.75, 3.05) is 10.6 Å². The van der Waals surface area contributed by atoms with Gasteiger partial charge in [-0.2, -0.15) is 0 Å². The van der Waals surface area contributed by atoms with Gasteiger partial charge in [0, 0.05) is 11.4 Å². The second kappa shape index (κ2) is 3.88. The Labute approximate surface area is 106 Å². The fraction of sp³-hybridized carbons (Fsp3) is 0.133. The van der Waals surface area contributed by atoms with Crippen LogP contribution in [0.4, 0.5) is 11.4 Å². The molecule has 2 N–H and O–H groups in total. The molecule has 1 amide bonds. The highest BCUT2D eigenvalue weighted by Crippen LogP contribution is 2.31. The minimum atomic E-state index is -0.00745. The average molecular weight is 238 g/mol. The normalized spacial score (nSPS) is 13.8. The molecule has 1 aliphatic rings. The lowest BCUT2D eigenvalue weighted by Crippen LogP contribution is -2.23. The van der Waals surface area contributed by atoms with Crippen molar-refractivity contribution < 1.29 is 4.79 Å². The highest BCUT2D eigenvalue weighted by Gasteiger charge is 2.29. The van der Waals surface area contributed by atoms with Gasteiger partial charge in [-0.25, -0.2) is 0 Å². The van der Waals surface area contributed by atoms with E-state index in [0.717, 1.165) is 11.3 Å². The van der Waals surface area contributed by atoms with Crippen molar-refractivity contribution in [2.24, 2.45) is 0 Å². The summed E-state index contributed by atoms with van der Waals surface area (Å²) < 4.78 is 0. The maximum absolute atomic E-state index is 12.3. The van der Waals surface area contributed by atoms with Crippen molar-refractivity contribution in [1.29, 1.82) is 0 Å². The molecule has 90 valence electrons. The van der Waals surface area contributed by atoms with Crippen LogP contribution < -0.4 is 10.6 Å². The largest absolute Gasteiger partial charge is 0.398 e. The number of benzene rings is 2. The molecule has 2 aromatic rings. The molecule has 2 aromatic carbocycles. The molecule has 1 heterocycles. The van der Waals surface area contributed by atoms with E-state index in [4.69, 9.17) is 5.73 Å². The lowest BCUT2D eigenvalue weighted by molar-refractivity contribution is 0.0997. The van der Waals surface area contributed by atoms with Gasteiger partial charge < -0.3 is 10.6 Å². The average Bonchev–Trinajstić information content (AvgIpc) is 2.69. The van der Waals surface area contributed by atoms with Crippen molar-refractivity contribution in [3.63, 3.8) is 0 Å². The van der Waals surface area contributed by atoms with E-state index in [2.05, 4.69) is 0 Å². The topological polar surface area (TPSA) is 46.3 Å². The molecule has 0 radical (unpaired) electrons. The number of nitrogen functional groups attached to an aromatic ring is 1. The van der Waals surface area contributed by atoms with Crippen LogP contribution in [0.5, 0.6) is 0 Å². The highest BCUT2D eigenvalue weighted by molar-refractivity contribution is 6.13. The Kier molecular flexibility index (Phi) is 2.33. The van der Waals surface area contributed by atoms with Gasteiger partial charge in [0.05, 0.1) is 12.1 Å². The number of carbonyl (C=O) groups is 1. The maximum atomic E-state index is 12.3. The maximum Gasteiger partial charge on any atom is 0.261 e. The monoisotopic (exact) mass is 238 g/mol. The van der Waals surface area contributed by atoms with Crippen LogP contribution in [-0.4, -0.2) is 5.91 Å². The first-order valence-electron chi connectivity index (χ1n) is 5.93. The molecule has 0 fully saturated rings. The number of fused-ring (bicyclic) bond motifs is 1. The number of amides is 1. The Morgan fingerprint density at radius 2 is 1.83 bits per heavy atom. The first-order chi connectivity index (χ1) is 8.66. The van der Waals surface area contributed by atoms with E-state index in [1.54, 1.807) is 11.0 Å². The molecule has 1 aliphatic heterocycles. The Morgan fingerprint density at radius 1 is 1.11 bits per heavy atom. The molecule has 0 saturated carbocycles. The van der Waals surface area contributed by atoms with Crippen LogP contribution in [0.1, 0.15) is 21.5 Å². The summed E-state index contributed by atoms with van der Waals surface area (Å²) in [7, 11) is 0. The number of anilines is 2. The molecule has 0 unspecified atom stereocenters. The minimum Gasteiger partial charge on any atom is -0.398 e. The summed E-state index contributed by atoms with van der Waals surface area (Å²) in [6.45, 7) is 2.63. The van der Waals surface area contributed by atoms with Crippen LogP contribution in [0.2, 0.25) is 0 Å². The Hall–Kier alpha value is -2.29. The number of carbonyl (C=O) groups excluding carboxylic acids is 1. The van der Waals surface area contributed by atoms with Crippen molar-refractivity contribution >= 4 is 17.3 Å². The van der Waals surface area contributed by atoms with Gasteiger partial charge in [-0.1, -0.05) is 29.8 Å². The SMILES string of the molecule is Cc1ccc(N2Cc3cccc(N)c3C2=O)cc1. The third-order valence-electron chi connectivity index (χ3n) is 3.32. The molecule has 0 aromatic heterocycles. The van der Waals surface area contributed by atoms with Gasteiger partial charge in [0.1, 0.15) is 0 Å². The Bertz CT molecular complexity index is 617. The van der Waals surface area contributed by atoms with E-state index in [9.17, 15) is 4.79 Å². The predicted molar refractivity (Wildman–Crippen MR) is 72.5 cm³/mol. The van der Waals surface area contributed by atoms with Gasteiger partial charge in [0.15, 0.2) is 0 Å². The summed E-state index contributed by atoms with van der Waals surface area (Å²) in [6.07, 6.45) is 0. The van der Waals surface area contributed by atoms with E-state index in [0.29, 0.717) is 17.8 Å². The highest BCUT2D eigenvalue weighted by atomic mass is 16.2. The Balaban J connectivity index is 2.02. The minimum absolute atomic E-state index is 0.00745. The van der Waals surface area contributed by atoms with Gasteiger partial charge >= 0.3 is 0 Å². The second-order valence-electron chi connectivity index (χ2n) is 4.61. The first kappa shape index (κ1) is 10.8. The summed E-state index contributed by atoms with van der Waals surface area (Å²) >= 11 is 0. The third kappa shape index (κ3) is 1.56. The van der Waals surface area contributed by atoms with Gasteiger partial charge in [-0.3, -0.25) is 4.79 Å². The number of hydrogen-bond donors (Lipinski definition) is 1. The van der Waals surface area contributed by atoms with Crippen molar-refractivity contribution in [2.45, 2.75) is 13.5 Å².